The number of carbonyl (C=O) groups excluding carboxylic acids is 3. The first-order valence-corrected chi connectivity index (χ1v) is 26.6. The van der Waals surface area contributed by atoms with Gasteiger partial charge in [0.15, 0.2) is 24.7 Å². The van der Waals surface area contributed by atoms with Crippen molar-refractivity contribution in [3.8, 4) is 0 Å². The maximum absolute atomic E-state index is 15.3. The molecule has 0 saturated carbocycles. The molecule has 0 aliphatic carbocycles. The van der Waals surface area contributed by atoms with Gasteiger partial charge in [0, 0.05) is 63.8 Å². The Morgan fingerprint density at radius 1 is 0.836 bits per heavy atom. The maximum atomic E-state index is 15.3. The minimum atomic E-state index is -2.01. The third-order valence-corrected chi connectivity index (χ3v) is 15.2. The normalized spacial score (nSPS) is 41.8. The van der Waals surface area contributed by atoms with E-state index in [0.29, 0.717) is 18.7 Å². The van der Waals surface area contributed by atoms with Crippen molar-refractivity contribution >= 4 is 23.4 Å². The molecule has 1 unspecified atom stereocenters. The van der Waals surface area contributed by atoms with Crippen LogP contribution in [-0.2, 0) is 66.6 Å². The van der Waals surface area contributed by atoms with Gasteiger partial charge < -0.3 is 67.5 Å². The van der Waals surface area contributed by atoms with E-state index >= 15 is 4.79 Å². The molecule has 3 N–H and O–H groups in total. The van der Waals surface area contributed by atoms with E-state index in [9.17, 15) is 24.9 Å². The van der Waals surface area contributed by atoms with E-state index in [2.05, 4.69) is 23.9 Å². The monoisotopic (exact) mass is 1050 g/mol. The minimum absolute atomic E-state index is 0. The fourth-order valence-corrected chi connectivity index (χ4v) is 11.3. The Labute approximate surface area is 437 Å². The summed E-state index contributed by atoms with van der Waals surface area (Å²) in [6.45, 7) is 27.2. The summed E-state index contributed by atoms with van der Waals surface area (Å²) in [5.74, 6) is -6.83. The number of nitrogens with zero attached hydrogens (tertiary/aromatic N) is 2. The number of oxime groups is 1. The van der Waals surface area contributed by atoms with E-state index in [-0.39, 0.29) is 51.4 Å². The Bertz CT molecular complexity index is 1720. The lowest BCUT2D eigenvalue weighted by atomic mass is 9.74. The van der Waals surface area contributed by atoms with E-state index in [1.54, 1.807) is 27.7 Å². The highest BCUT2D eigenvalue weighted by molar-refractivity contribution is 5.90. The number of unbranched alkanes of at least 4 members (excludes halogenated alkanes) is 1. The number of rotatable bonds is 17. The Morgan fingerprint density at radius 2 is 1.49 bits per heavy atom. The summed E-state index contributed by atoms with van der Waals surface area (Å²) in [7, 11) is 4.32. The van der Waals surface area contributed by atoms with Gasteiger partial charge in [0.1, 0.15) is 49.3 Å². The molecule has 0 radical (unpaired) electrons. The van der Waals surface area contributed by atoms with Crippen LogP contribution in [0.3, 0.4) is 0 Å². The average molecular weight is 1050 g/mol. The smallest absolute Gasteiger partial charge is 0.311 e. The number of Topliss-reactive ketones (excluding diaryl/α,β-unsaturated/α-hetero) is 1. The Kier molecular flexibility index (Phi) is 26.1. The van der Waals surface area contributed by atoms with E-state index in [1.165, 1.54) is 28.3 Å². The topological polar surface area (TPSA) is 229 Å². The zero-order chi connectivity index (χ0) is 53.9. The SMILES string of the molecule is C.CCCCN1C[C@H](C)O[C@@H](O[C@H]2[C@H](C)[C@@H](O[C@@H]3O[C@H](C)C/C(=N\OC)[C@H]3O)[C@@H](C)C[C@](C)(O)C(=O)[C@H](C)[C@H](OC(=O)CC(C)C)[C@@H](C)[C@@H]([C@@H](C)CO[C@@H]3O[C@H](C)[C@@H](O)[C@@H](OC)[C@H]3OC)OC(=O)[C@@H]2C)CC1C. The van der Waals surface area contributed by atoms with E-state index < -0.39 is 139 Å². The second-order valence-corrected chi connectivity index (χ2v) is 22.2. The van der Waals surface area contributed by atoms with E-state index in [0.717, 1.165) is 19.4 Å². The fraction of sp³-hybridized carbons (Fsp3) is 0.926. The molecular formula is C54H98N2O17. The highest BCUT2D eigenvalue weighted by Gasteiger charge is 2.51. The van der Waals surface area contributed by atoms with Crippen LogP contribution < -0.4 is 0 Å². The van der Waals surface area contributed by atoms with Gasteiger partial charge in [-0.2, -0.15) is 0 Å². The van der Waals surface area contributed by atoms with Gasteiger partial charge in [-0.15, -0.1) is 0 Å². The highest BCUT2D eigenvalue weighted by Crippen LogP contribution is 2.39. The second-order valence-electron chi connectivity index (χ2n) is 22.2. The molecule has 22 atom stereocenters. The molecular weight excluding hydrogens is 949 g/mol. The molecule has 4 aliphatic rings. The van der Waals surface area contributed by atoms with Crippen molar-refractivity contribution in [2.24, 2.45) is 46.6 Å². The summed E-state index contributed by atoms with van der Waals surface area (Å²) >= 11 is 0. The number of cyclic esters (lactones) is 1. The van der Waals surface area contributed by atoms with Crippen LogP contribution in [0.1, 0.15) is 143 Å². The highest BCUT2D eigenvalue weighted by atomic mass is 16.7. The molecule has 0 aromatic carbocycles. The van der Waals surface area contributed by atoms with Crippen molar-refractivity contribution in [1.82, 2.24) is 4.90 Å². The summed E-state index contributed by atoms with van der Waals surface area (Å²) < 4.78 is 63.5. The van der Waals surface area contributed by atoms with Crippen LogP contribution in [0.4, 0.5) is 0 Å². The van der Waals surface area contributed by atoms with Gasteiger partial charge in [-0.1, -0.05) is 74.4 Å². The molecule has 4 aliphatic heterocycles. The van der Waals surface area contributed by atoms with E-state index in [4.69, 9.17) is 52.2 Å². The summed E-state index contributed by atoms with van der Waals surface area (Å²) in [4.78, 5) is 51.4. The fourth-order valence-electron chi connectivity index (χ4n) is 11.3. The molecule has 0 amide bonds. The van der Waals surface area contributed by atoms with Gasteiger partial charge in [0.25, 0.3) is 0 Å². The molecule has 4 saturated heterocycles. The Balaban J connectivity index is 0.0000141. The number of esters is 2. The Morgan fingerprint density at radius 3 is 2.10 bits per heavy atom. The van der Waals surface area contributed by atoms with Crippen molar-refractivity contribution in [3.05, 3.63) is 0 Å². The van der Waals surface area contributed by atoms with Gasteiger partial charge in [-0.25, -0.2) is 0 Å². The molecule has 73 heavy (non-hydrogen) atoms. The molecule has 0 spiro atoms. The molecule has 0 aromatic heterocycles. The first-order valence-electron chi connectivity index (χ1n) is 26.6. The van der Waals surface area contributed by atoms with Crippen molar-refractivity contribution in [2.75, 3.05) is 41.0 Å². The number of methoxy groups -OCH3 is 2. The average Bonchev–Trinajstić information content (AvgIpc) is 3.45. The van der Waals surface area contributed by atoms with Crippen molar-refractivity contribution in [3.63, 3.8) is 0 Å². The van der Waals surface area contributed by atoms with Gasteiger partial charge in [0.2, 0.25) is 0 Å². The summed E-state index contributed by atoms with van der Waals surface area (Å²) in [5, 5.41) is 39.0. The van der Waals surface area contributed by atoms with Crippen LogP contribution in [0.2, 0.25) is 0 Å². The lowest BCUT2D eigenvalue weighted by Gasteiger charge is -2.44. The summed E-state index contributed by atoms with van der Waals surface area (Å²) in [5.41, 5.74) is -1.69. The lowest BCUT2D eigenvalue weighted by Crippen LogP contribution is -2.59. The third kappa shape index (κ3) is 17.0. The first kappa shape index (κ1) is 64.9. The van der Waals surface area contributed by atoms with Crippen LogP contribution >= 0.6 is 0 Å². The summed E-state index contributed by atoms with van der Waals surface area (Å²) in [6.07, 6.45) is -9.70. The second kappa shape index (κ2) is 29.4. The zero-order valence-electron chi connectivity index (χ0n) is 46.5. The van der Waals surface area contributed by atoms with Gasteiger partial charge in [-0.05, 0) is 72.8 Å². The number of ketones is 1. The van der Waals surface area contributed by atoms with E-state index in [1.807, 2.05) is 48.5 Å². The first-order chi connectivity index (χ1) is 33.8. The van der Waals surface area contributed by atoms with Crippen molar-refractivity contribution in [1.29, 1.82) is 0 Å². The van der Waals surface area contributed by atoms with Crippen LogP contribution in [-0.4, -0.2) is 182 Å². The zero-order valence-corrected chi connectivity index (χ0v) is 46.5. The third-order valence-electron chi connectivity index (χ3n) is 15.2. The molecule has 19 heteroatoms. The number of hydrogen-bond acceptors (Lipinski definition) is 19. The number of hydrogen-bond donors (Lipinski definition) is 3. The lowest BCUT2D eigenvalue weighted by molar-refractivity contribution is -0.305. The quantitative estimate of drug-likeness (QED) is 0.111. The number of aliphatic hydroxyl groups excluding tert-OH is 2. The summed E-state index contributed by atoms with van der Waals surface area (Å²) in [6, 6.07) is 0.0695. The molecule has 426 valence electrons. The Hall–Kier alpha value is -2.40. The van der Waals surface area contributed by atoms with Crippen LogP contribution in [0.25, 0.3) is 0 Å². The number of carbonyl (C=O) groups is 3. The molecule has 4 fully saturated rings. The van der Waals surface area contributed by atoms with Crippen LogP contribution in [0, 0.1) is 41.4 Å². The molecule has 4 heterocycles. The van der Waals surface area contributed by atoms with Crippen molar-refractivity contribution in [2.45, 2.75) is 241 Å². The predicted molar refractivity (Wildman–Crippen MR) is 273 cm³/mol. The van der Waals surface area contributed by atoms with Crippen LogP contribution in [0.15, 0.2) is 5.16 Å². The van der Waals surface area contributed by atoms with Gasteiger partial charge in [0.05, 0.1) is 54.7 Å². The molecule has 0 bridgehead atoms. The standard InChI is InChI=1S/C53H94N2O17.CH4/c1-18-19-20-55-25-32(8)66-40(22-30(55)6)70-46-33(9)43(72-51-42(58)38(54-64-17)23-31(7)67-51)28(4)24-53(14,61)49(59)35(11)45(69-39(56)21-27(2)3)34(10)44(71-50(60)36(46)12)29(5)26-65-52-48(63-16)47(62-15)41(57)37(13)68-52;/h27-37,40-48,51-52,57-58,61H,18-26H2,1-17H3;1H4/b54-38+;/t28-,29-,30?,31+,32-,33+,34-,35+,36+,37+,40-,41+,42+,43-,44+,45+,46-,47+,48+,51-,52+,53-;/m0./s1. The predicted octanol–water partition coefficient (Wildman–Crippen LogP) is 6.08. The molecule has 4 rings (SSSR count). The molecule has 19 nitrogen and oxygen atoms in total. The largest absolute Gasteiger partial charge is 0.461 e. The van der Waals surface area contributed by atoms with Gasteiger partial charge >= 0.3 is 11.9 Å². The van der Waals surface area contributed by atoms with Crippen molar-refractivity contribution < 1.29 is 81.9 Å². The number of aliphatic hydroxyl groups is 3. The maximum Gasteiger partial charge on any atom is 0.311 e. The minimum Gasteiger partial charge on any atom is -0.461 e. The van der Waals surface area contributed by atoms with Gasteiger partial charge in [-0.3, -0.25) is 19.3 Å². The number of ether oxygens (including phenoxy) is 10. The van der Waals surface area contributed by atoms with Crippen LogP contribution in [0.5, 0.6) is 0 Å². The molecule has 0 aromatic rings.